The molecule has 1 aliphatic carbocycles. The molecule has 0 radical (unpaired) electrons. The summed E-state index contributed by atoms with van der Waals surface area (Å²) in [6.45, 7) is 4.24. The van der Waals surface area contributed by atoms with Crippen LogP contribution in [-0.2, 0) is 4.79 Å². The van der Waals surface area contributed by atoms with E-state index in [2.05, 4.69) is 27.4 Å². The first-order valence-electron chi connectivity index (χ1n) is 7.56. The van der Waals surface area contributed by atoms with E-state index >= 15 is 0 Å². The Morgan fingerprint density at radius 3 is 2.83 bits per heavy atom. The molecule has 1 aliphatic rings. The molecule has 24 heavy (non-hydrogen) atoms. The summed E-state index contributed by atoms with van der Waals surface area (Å²) in [6.07, 6.45) is 3.76. The Balaban J connectivity index is 1.75. The van der Waals surface area contributed by atoms with Crippen molar-refractivity contribution in [2.45, 2.75) is 28.5 Å². The number of nitrogens with zero attached hydrogens (tertiary/aromatic N) is 2. The monoisotopic (exact) mass is 364 g/mol. The molecule has 8 heteroatoms. The van der Waals surface area contributed by atoms with Crippen LogP contribution >= 0.6 is 23.1 Å². The fraction of sp³-hybridized carbons (Fsp3) is 0.312. The number of thioether (sulfide) groups is 1. The zero-order valence-corrected chi connectivity index (χ0v) is 14.5. The first kappa shape index (κ1) is 16.9. The van der Waals surface area contributed by atoms with Crippen LogP contribution in [-0.4, -0.2) is 28.7 Å². The van der Waals surface area contributed by atoms with Crippen LogP contribution in [0.3, 0.4) is 0 Å². The van der Waals surface area contributed by atoms with Crippen molar-refractivity contribution >= 4 is 34.1 Å². The van der Waals surface area contributed by atoms with E-state index < -0.39 is 5.25 Å². The topological polar surface area (TPSA) is 66.9 Å². The van der Waals surface area contributed by atoms with Gasteiger partial charge in [0.05, 0.1) is 0 Å². The zero-order valence-electron chi connectivity index (χ0n) is 12.9. The van der Waals surface area contributed by atoms with E-state index in [-0.39, 0.29) is 17.8 Å². The third-order valence-corrected chi connectivity index (χ3v) is 5.58. The number of halogens is 1. The largest absolute Gasteiger partial charge is 0.357 e. The van der Waals surface area contributed by atoms with Crippen LogP contribution in [0.1, 0.15) is 23.7 Å². The van der Waals surface area contributed by atoms with Crippen molar-refractivity contribution in [3.05, 3.63) is 48.3 Å². The molecule has 2 N–H and O–H groups in total. The number of amides is 1. The lowest BCUT2D eigenvalue weighted by molar-refractivity contribution is -0.120. The number of hydrogen-bond donors (Lipinski definition) is 2. The molecule has 0 aliphatic heterocycles. The van der Waals surface area contributed by atoms with Gasteiger partial charge in [-0.25, -0.2) is 4.39 Å². The molecule has 0 bridgehead atoms. The molecule has 1 fully saturated rings. The van der Waals surface area contributed by atoms with E-state index in [0.29, 0.717) is 16.0 Å². The van der Waals surface area contributed by atoms with E-state index in [1.165, 1.54) is 35.2 Å². The van der Waals surface area contributed by atoms with Crippen molar-refractivity contribution in [3.8, 4) is 0 Å². The Kier molecular flexibility index (Phi) is 5.47. The maximum absolute atomic E-state index is 13.2. The number of carbonyl (C=O) groups excluding carboxylic acids is 1. The van der Waals surface area contributed by atoms with Crippen molar-refractivity contribution in [1.82, 2.24) is 15.5 Å². The summed E-state index contributed by atoms with van der Waals surface area (Å²) >= 11 is 2.70. The first-order chi connectivity index (χ1) is 11.7. The minimum absolute atomic E-state index is 0.0788. The predicted molar refractivity (Wildman–Crippen MR) is 94.8 cm³/mol. The second-order valence-electron chi connectivity index (χ2n) is 5.38. The molecule has 5 nitrogen and oxygen atoms in total. The SMILES string of the molecule is C=CCNc1nnc(SC(C(=O)NC2CC2)c2ccc(F)cc2)s1. The number of benzene rings is 1. The normalized spacial score (nSPS) is 14.9. The van der Waals surface area contributed by atoms with Crippen LogP contribution in [0.2, 0.25) is 0 Å². The summed E-state index contributed by atoms with van der Waals surface area (Å²) < 4.78 is 13.9. The maximum atomic E-state index is 13.2. The molecule has 126 valence electrons. The molecule has 2 aromatic rings. The van der Waals surface area contributed by atoms with E-state index in [0.717, 1.165) is 18.4 Å². The average molecular weight is 364 g/mol. The lowest BCUT2D eigenvalue weighted by Gasteiger charge is -2.15. The van der Waals surface area contributed by atoms with Crippen LogP contribution in [0.5, 0.6) is 0 Å². The molecule has 0 spiro atoms. The van der Waals surface area contributed by atoms with Crippen molar-refractivity contribution in [1.29, 1.82) is 0 Å². The molecule has 1 atom stereocenters. The molecule has 1 aromatic heterocycles. The van der Waals surface area contributed by atoms with Crippen molar-refractivity contribution in [3.63, 3.8) is 0 Å². The highest BCUT2D eigenvalue weighted by Gasteiger charge is 2.30. The summed E-state index contributed by atoms with van der Waals surface area (Å²) in [5.74, 6) is -0.401. The Morgan fingerprint density at radius 2 is 2.17 bits per heavy atom. The van der Waals surface area contributed by atoms with Crippen molar-refractivity contribution in [2.24, 2.45) is 0 Å². The zero-order chi connectivity index (χ0) is 16.9. The molecule has 1 aromatic carbocycles. The number of hydrogen-bond acceptors (Lipinski definition) is 6. The van der Waals surface area contributed by atoms with Crippen LogP contribution < -0.4 is 10.6 Å². The molecule has 3 rings (SSSR count). The van der Waals surface area contributed by atoms with E-state index in [4.69, 9.17) is 0 Å². The van der Waals surface area contributed by atoms with Gasteiger partial charge in [0.2, 0.25) is 11.0 Å². The molecular formula is C16H17FN4OS2. The lowest BCUT2D eigenvalue weighted by atomic mass is 10.1. The highest BCUT2D eigenvalue weighted by molar-refractivity contribution is 8.01. The number of aromatic nitrogens is 2. The Hall–Kier alpha value is -1.93. The van der Waals surface area contributed by atoms with Crippen molar-refractivity contribution < 1.29 is 9.18 Å². The van der Waals surface area contributed by atoms with Crippen LogP contribution in [0.25, 0.3) is 0 Å². The van der Waals surface area contributed by atoms with Crippen LogP contribution in [0, 0.1) is 5.82 Å². The Bertz CT molecular complexity index is 715. The first-order valence-corrected chi connectivity index (χ1v) is 9.26. The van der Waals surface area contributed by atoms with Gasteiger partial charge in [0.15, 0.2) is 4.34 Å². The molecule has 1 heterocycles. The van der Waals surface area contributed by atoms with Gasteiger partial charge >= 0.3 is 0 Å². The highest BCUT2D eigenvalue weighted by atomic mass is 32.2. The molecule has 1 amide bonds. The van der Waals surface area contributed by atoms with Gasteiger partial charge in [0.25, 0.3) is 0 Å². The predicted octanol–water partition coefficient (Wildman–Crippen LogP) is 3.39. The van der Waals surface area contributed by atoms with Crippen LogP contribution in [0.15, 0.2) is 41.3 Å². The minimum atomic E-state index is -0.480. The quantitative estimate of drug-likeness (QED) is 0.555. The fourth-order valence-electron chi connectivity index (χ4n) is 2.00. The standard InChI is InChI=1S/C16H17FN4OS2/c1-2-9-18-15-20-21-16(24-15)23-13(14(22)19-12-7-8-12)10-3-5-11(17)6-4-10/h2-6,12-13H,1,7-9H2,(H,18,20)(H,19,22). The number of anilines is 1. The van der Waals surface area contributed by atoms with Gasteiger partial charge < -0.3 is 10.6 Å². The van der Waals surface area contributed by atoms with E-state index in [1.807, 2.05) is 0 Å². The molecule has 1 unspecified atom stereocenters. The molecular weight excluding hydrogens is 347 g/mol. The lowest BCUT2D eigenvalue weighted by Crippen LogP contribution is -2.29. The average Bonchev–Trinajstić information content (AvgIpc) is 3.28. The van der Waals surface area contributed by atoms with Gasteiger partial charge in [-0.15, -0.1) is 16.8 Å². The molecule has 1 saturated carbocycles. The smallest absolute Gasteiger partial charge is 0.238 e. The minimum Gasteiger partial charge on any atom is -0.357 e. The maximum Gasteiger partial charge on any atom is 0.238 e. The summed E-state index contributed by atoms with van der Waals surface area (Å²) in [5, 5.41) is 14.4. The van der Waals surface area contributed by atoms with Gasteiger partial charge in [-0.1, -0.05) is 41.3 Å². The summed E-state index contributed by atoms with van der Waals surface area (Å²) in [6, 6.07) is 6.27. The number of rotatable bonds is 8. The van der Waals surface area contributed by atoms with Gasteiger partial charge in [0, 0.05) is 12.6 Å². The Labute approximate surface area is 147 Å². The van der Waals surface area contributed by atoms with Crippen molar-refractivity contribution in [2.75, 3.05) is 11.9 Å². The number of nitrogens with one attached hydrogen (secondary N) is 2. The second-order valence-corrected chi connectivity index (χ2v) is 7.70. The third-order valence-electron chi connectivity index (χ3n) is 3.36. The summed E-state index contributed by atoms with van der Waals surface area (Å²) in [4.78, 5) is 12.6. The van der Waals surface area contributed by atoms with Gasteiger partial charge in [-0.3, -0.25) is 4.79 Å². The highest BCUT2D eigenvalue weighted by Crippen LogP contribution is 2.38. The van der Waals surface area contributed by atoms with Gasteiger partial charge in [-0.2, -0.15) is 0 Å². The van der Waals surface area contributed by atoms with Gasteiger partial charge in [0.1, 0.15) is 11.1 Å². The van der Waals surface area contributed by atoms with E-state index in [1.54, 1.807) is 18.2 Å². The summed E-state index contributed by atoms with van der Waals surface area (Å²) in [7, 11) is 0. The Morgan fingerprint density at radius 1 is 1.42 bits per heavy atom. The van der Waals surface area contributed by atoms with Crippen LogP contribution in [0.4, 0.5) is 9.52 Å². The number of carbonyl (C=O) groups is 1. The van der Waals surface area contributed by atoms with E-state index in [9.17, 15) is 9.18 Å². The molecule has 0 saturated heterocycles. The fourth-order valence-corrected chi connectivity index (χ4v) is 3.96. The third kappa shape index (κ3) is 4.55. The van der Waals surface area contributed by atoms with Gasteiger partial charge in [-0.05, 0) is 30.5 Å². The summed E-state index contributed by atoms with van der Waals surface area (Å²) in [5.41, 5.74) is 0.746. The second kappa shape index (κ2) is 7.76.